The second-order valence-corrected chi connectivity index (χ2v) is 5.21. The van der Waals surface area contributed by atoms with Gasteiger partial charge >= 0.3 is 5.69 Å². The lowest BCUT2D eigenvalue weighted by Crippen LogP contribution is -2.30. The Morgan fingerprint density at radius 2 is 2.00 bits per heavy atom. The normalized spacial score (nSPS) is 11.5. The second kappa shape index (κ2) is 7.45. The molecule has 0 saturated heterocycles. The Morgan fingerprint density at radius 3 is 2.62 bits per heavy atom. The summed E-state index contributed by atoms with van der Waals surface area (Å²) in [4.78, 5) is 22.8. The van der Waals surface area contributed by atoms with Crippen LogP contribution in [-0.2, 0) is 4.79 Å². The molecule has 0 aliphatic rings. The van der Waals surface area contributed by atoms with Gasteiger partial charge in [-0.15, -0.1) is 0 Å². The van der Waals surface area contributed by atoms with Gasteiger partial charge < -0.3 is 14.8 Å². The molecule has 0 unspecified atom stereocenters. The van der Waals surface area contributed by atoms with Crippen molar-refractivity contribution in [3.63, 3.8) is 0 Å². The number of nitrogens with zero attached hydrogens (tertiary/aromatic N) is 1. The standard InChI is InChI=1S/C17H18N2O5/c1-11-5-4-6-13(9-11)18-17(20)12(2)24-16-8-7-14(23-3)10-15(16)19(21)22/h4-10,12H,1-3H3,(H,18,20)/t12-/m1/s1. The summed E-state index contributed by atoms with van der Waals surface area (Å²) in [5.74, 6) is -0.0516. The highest BCUT2D eigenvalue weighted by Crippen LogP contribution is 2.31. The molecule has 0 aliphatic carbocycles. The van der Waals surface area contributed by atoms with E-state index >= 15 is 0 Å². The minimum absolute atomic E-state index is 0.00712. The number of carbonyl (C=O) groups excluding carboxylic acids is 1. The molecule has 7 heteroatoms. The second-order valence-electron chi connectivity index (χ2n) is 5.21. The van der Waals surface area contributed by atoms with E-state index in [1.807, 2.05) is 25.1 Å². The molecular formula is C17H18N2O5. The summed E-state index contributed by atoms with van der Waals surface area (Å²) in [6.45, 7) is 3.44. The number of hydrogen-bond donors (Lipinski definition) is 1. The molecule has 7 nitrogen and oxygen atoms in total. The van der Waals surface area contributed by atoms with Crippen LogP contribution in [0.5, 0.6) is 11.5 Å². The first kappa shape index (κ1) is 17.3. The first-order valence-corrected chi connectivity index (χ1v) is 7.27. The third kappa shape index (κ3) is 4.22. The average molecular weight is 330 g/mol. The topological polar surface area (TPSA) is 90.7 Å². The largest absolute Gasteiger partial charge is 0.496 e. The van der Waals surface area contributed by atoms with Gasteiger partial charge in [-0.05, 0) is 43.7 Å². The molecule has 126 valence electrons. The van der Waals surface area contributed by atoms with Crippen molar-refractivity contribution in [2.45, 2.75) is 20.0 Å². The molecule has 0 fully saturated rings. The number of ether oxygens (including phenoxy) is 2. The molecule has 1 amide bonds. The average Bonchev–Trinajstić information content (AvgIpc) is 2.54. The first-order chi connectivity index (χ1) is 11.4. The van der Waals surface area contributed by atoms with Crippen LogP contribution >= 0.6 is 0 Å². The summed E-state index contributed by atoms with van der Waals surface area (Å²) in [5.41, 5.74) is 1.39. The Labute approximate surface area is 139 Å². The molecule has 2 aromatic carbocycles. The van der Waals surface area contributed by atoms with Gasteiger partial charge in [0.15, 0.2) is 11.9 Å². The summed E-state index contributed by atoms with van der Waals surface area (Å²) >= 11 is 0. The third-order valence-electron chi connectivity index (χ3n) is 3.32. The molecule has 0 bridgehead atoms. The van der Waals surface area contributed by atoms with E-state index in [-0.39, 0.29) is 11.4 Å². The Hall–Kier alpha value is -3.09. The van der Waals surface area contributed by atoms with Crippen molar-refractivity contribution in [2.24, 2.45) is 0 Å². The molecule has 1 atom stereocenters. The zero-order valence-corrected chi connectivity index (χ0v) is 13.6. The van der Waals surface area contributed by atoms with E-state index in [0.717, 1.165) is 5.56 Å². The number of nitrogens with one attached hydrogen (secondary N) is 1. The van der Waals surface area contributed by atoms with Crippen molar-refractivity contribution in [3.8, 4) is 11.5 Å². The molecule has 1 N–H and O–H groups in total. The lowest BCUT2D eigenvalue weighted by atomic mass is 10.2. The van der Waals surface area contributed by atoms with E-state index in [2.05, 4.69) is 5.32 Å². The number of nitro benzene ring substituents is 1. The quantitative estimate of drug-likeness (QED) is 0.648. The van der Waals surface area contributed by atoms with Gasteiger partial charge in [0.1, 0.15) is 5.75 Å². The van der Waals surface area contributed by atoms with Crippen LogP contribution in [0.15, 0.2) is 42.5 Å². The Balaban J connectivity index is 2.12. The fourth-order valence-corrected chi connectivity index (χ4v) is 2.08. The van der Waals surface area contributed by atoms with Crippen molar-refractivity contribution in [3.05, 3.63) is 58.1 Å². The van der Waals surface area contributed by atoms with Gasteiger partial charge in [-0.1, -0.05) is 12.1 Å². The summed E-state index contributed by atoms with van der Waals surface area (Å²) in [6.07, 6.45) is -0.905. The number of carbonyl (C=O) groups is 1. The maximum Gasteiger partial charge on any atom is 0.314 e. The van der Waals surface area contributed by atoms with E-state index in [1.54, 1.807) is 6.07 Å². The molecular weight excluding hydrogens is 312 g/mol. The maximum absolute atomic E-state index is 12.2. The van der Waals surface area contributed by atoms with Gasteiger partial charge in [0.2, 0.25) is 0 Å². The smallest absolute Gasteiger partial charge is 0.314 e. The predicted molar refractivity (Wildman–Crippen MR) is 89.5 cm³/mol. The van der Waals surface area contributed by atoms with Gasteiger partial charge in [-0.2, -0.15) is 0 Å². The fourth-order valence-electron chi connectivity index (χ4n) is 2.08. The molecule has 0 spiro atoms. The van der Waals surface area contributed by atoms with Gasteiger partial charge in [-0.25, -0.2) is 0 Å². The molecule has 2 aromatic rings. The predicted octanol–water partition coefficient (Wildman–Crippen LogP) is 3.32. The van der Waals surface area contributed by atoms with E-state index < -0.39 is 16.9 Å². The van der Waals surface area contributed by atoms with Gasteiger partial charge in [-0.3, -0.25) is 14.9 Å². The van der Waals surface area contributed by atoms with E-state index in [9.17, 15) is 14.9 Å². The van der Waals surface area contributed by atoms with Gasteiger partial charge in [0, 0.05) is 5.69 Å². The number of amides is 1. The summed E-state index contributed by atoms with van der Waals surface area (Å²) in [5, 5.41) is 13.9. The summed E-state index contributed by atoms with van der Waals surface area (Å²) in [7, 11) is 1.41. The van der Waals surface area contributed by atoms with E-state index in [4.69, 9.17) is 9.47 Å². The molecule has 0 radical (unpaired) electrons. The first-order valence-electron chi connectivity index (χ1n) is 7.27. The van der Waals surface area contributed by atoms with Crippen molar-refractivity contribution in [1.29, 1.82) is 0 Å². The summed E-state index contributed by atoms with van der Waals surface area (Å²) in [6, 6.07) is 11.5. The summed E-state index contributed by atoms with van der Waals surface area (Å²) < 4.78 is 10.4. The number of benzene rings is 2. The lowest BCUT2D eigenvalue weighted by molar-refractivity contribution is -0.386. The number of aryl methyl sites for hydroxylation is 1. The highest BCUT2D eigenvalue weighted by Gasteiger charge is 2.22. The maximum atomic E-state index is 12.2. The van der Waals surface area contributed by atoms with Crippen molar-refractivity contribution < 1.29 is 19.2 Å². The van der Waals surface area contributed by atoms with Crippen LogP contribution in [0.25, 0.3) is 0 Å². The van der Waals surface area contributed by atoms with Crippen LogP contribution in [-0.4, -0.2) is 24.0 Å². The zero-order valence-electron chi connectivity index (χ0n) is 13.6. The van der Waals surface area contributed by atoms with Gasteiger partial charge in [0.05, 0.1) is 18.1 Å². The molecule has 0 aliphatic heterocycles. The van der Waals surface area contributed by atoms with E-state index in [0.29, 0.717) is 11.4 Å². The number of nitro groups is 1. The molecule has 24 heavy (non-hydrogen) atoms. The molecule has 2 rings (SSSR count). The fraction of sp³-hybridized carbons (Fsp3) is 0.235. The monoisotopic (exact) mass is 330 g/mol. The Bertz CT molecular complexity index is 760. The third-order valence-corrected chi connectivity index (χ3v) is 3.32. The number of hydrogen-bond acceptors (Lipinski definition) is 5. The van der Waals surface area contributed by atoms with Crippen LogP contribution in [0, 0.1) is 17.0 Å². The van der Waals surface area contributed by atoms with Crippen molar-refractivity contribution in [2.75, 3.05) is 12.4 Å². The lowest BCUT2D eigenvalue weighted by Gasteiger charge is -2.15. The van der Waals surface area contributed by atoms with Crippen LogP contribution in [0.4, 0.5) is 11.4 Å². The molecule has 0 heterocycles. The zero-order chi connectivity index (χ0) is 17.7. The van der Waals surface area contributed by atoms with Crippen LogP contribution in [0.2, 0.25) is 0 Å². The van der Waals surface area contributed by atoms with Crippen molar-refractivity contribution in [1.82, 2.24) is 0 Å². The minimum atomic E-state index is -0.905. The van der Waals surface area contributed by atoms with Crippen LogP contribution < -0.4 is 14.8 Å². The Morgan fingerprint density at radius 1 is 1.25 bits per heavy atom. The van der Waals surface area contributed by atoms with Crippen molar-refractivity contribution >= 4 is 17.3 Å². The SMILES string of the molecule is COc1ccc(O[C@H](C)C(=O)Nc2cccc(C)c2)c([N+](=O)[O-])c1. The molecule has 0 saturated carbocycles. The molecule has 0 aromatic heterocycles. The minimum Gasteiger partial charge on any atom is -0.496 e. The number of anilines is 1. The highest BCUT2D eigenvalue weighted by atomic mass is 16.6. The van der Waals surface area contributed by atoms with E-state index in [1.165, 1.54) is 32.2 Å². The highest BCUT2D eigenvalue weighted by molar-refractivity contribution is 5.94. The Kier molecular flexibility index (Phi) is 5.36. The number of methoxy groups -OCH3 is 1. The van der Waals surface area contributed by atoms with Gasteiger partial charge in [0.25, 0.3) is 5.91 Å². The van der Waals surface area contributed by atoms with Crippen LogP contribution in [0.3, 0.4) is 0 Å². The van der Waals surface area contributed by atoms with Crippen LogP contribution in [0.1, 0.15) is 12.5 Å². The number of rotatable bonds is 6.